The van der Waals surface area contributed by atoms with E-state index in [4.69, 9.17) is 11.5 Å². The first-order valence-corrected chi connectivity index (χ1v) is 12.8. The number of aromatic nitrogens is 6. The average molecular weight is 558 g/mol. The minimum atomic E-state index is -1.20. The highest BCUT2D eigenvalue weighted by Crippen LogP contribution is 2.07. The molecule has 3 aromatic heterocycles. The molecule has 16 nitrogen and oxygen atoms in total. The smallest absolute Gasteiger partial charge is 0.326 e. The monoisotopic (exact) mass is 557 g/mol. The normalized spacial score (nSPS) is 14.1. The van der Waals surface area contributed by atoms with Crippen molar-refractivity contribution in [3.05, 3.63) is 54.7 Å². The summed E-state index contributed by atoms with van der Waals surface area (Å²) in [4.78, 5) is 71.7. The summed E-state index contributed by atoms with van der Waals surface area (Å²) in [6, 6.07) is -4.45. The molecule has 0 fully saturated rings. The van der Waals surface area contributed by atoms with Crippen LogP contribution in [-0.4, -0.2) is 89.4 Å². The third-order valence-electron chi connectivity index (χ3n) is 6.12. The van der Waals surface area contributed by atoms with Crippen LogP contribution in [0.2, 0.25) is 0 Å². The van der Waals surface area contributed by atoms with E-state index in [2.05, 4.69) is 45.9 Å². The van der Waals surface area contributed by atoms with Crippen molar-refractivity contribution in [3.63, 3.8) is 0 Å². The van der Waals surface area contributed by atoms with Gasteiger partial charge in [0.2, 0.25) is 17.7 Å². The summed E-state index contributed by atoms with van der Waals surface area (Å²) in [7, 11) is 0. The second-order valence-electron chi connectivity index (χ2n) is 9.26. The average Bonchev–Trinajstić information content (AvgIpc) is 3.72. The van der Waals surface area contributed by atoms with Crippen molar-refractivity contribution >= 4 is 23.7 Å². The topological polar surface area (TPSA) is 263 Å². The maximum atomic E-state index is 13.5. The van der Waals surface area contributed by atoms with Gasteiger partial charge in [0.15, 0.2) is 0 Å². The van der Waals surface area contributed by atoms with E-state index in [0.29, 0.717) is 36.5 Å². The Morgan fingerprint density at radius 2 is 1.18 bits per heavy atom. The van der Waals surface area contributed by atoms with E-state index in [1.165, 1.54) is 31.4 Å². The molecule has 0 bridgehead atoms. The lowest BCUT2D eigenvalue weighted by Gasteiger charge is -2.25. The van der Waals surface area contributed by atoms with Gasteiger partial charge in [0.05, 0.1) is 25.0 Å². The summed E-state index contributed by atoms with van der Waals surface area (Å²) in [6.45, 7) is 0.397. The zero-order chi connectivity index (χ0) is 28.9. The molecule has 3 amide bonds. The Kier molecular flexibility index (Phi) is 11.3. The number of hydrogen-bond acceptors (Lipinski definition) is 9. The van der Waals surface area contributed by atoms with Crippen LogP contribution in [0.4, 0.5) is 0 Å². The number of H-pyrrole nitrogens is 3. The molecule has 4 atom stereocenters. The predicted molar refractivity (Wildman–Crippen MR) is 141 cm³/mol. The summed E-state index contributed by atoms with van der Waals surface area (Å²) in [5.74, 6) is -3.17. The van der Waals surface area contributed by atoms with Gasteiger partial charge >= 0.3 is 5.97 Å². The molecule has 4 unspecified atom stereocenters. The van der Waals surface area contributed by atoms with Gasteiger partial charge in [-0.1, -0.05) is 0 Å². The van der Waals surface area contributed by atoms with Crippen LogP contribution in [-0.2, 0) is 38.4 Å². The van der Waals surface area contributed by atoms with Gasteiger partial charge in [-0.3, -0.25) is 14.4 Å². The molecule has 0 aliphatic carbocycles. The Bertz CT molecular complexity index is 1200. The maximum absolute atomic E-state index is 13.5. The Labute approximate surface area is 229 Å². The summed E-state index contributed by atoms with van der Waals surface area (Å²) < 4.78 is 0. The van der Waals surface area contributed by atoms with Crippen molar-refractivity contribution in [3.8, 4) is 0 Å². The summed E-state index contributed by atoms with van der Waals surface area (Å²) in [6.07, 6.45) is 10.3. The highest BCUT2D eigenvalue weighted by molar-refractivity contribution is 5.94. The fraction of sp³-hybridized carbons (Fsp3) is 0.458. The van der Waals surface area contributed by atoms with Crippen LogP contribution in [0.25, 0.3) is 0 Å². The fourth-order valence-electron chi connectivity index (χ4n) is 3.95. The number of rotatable bonds is 17. The number of amides is 3. The van der Waals surface area contributed by atoms with Crippen LogP contribution in [0.15, 0.2) is 37.6 Å². The van der Waals surface area contributed by atoms with Gasteiger partial charge in [-0.15, -0.1) is 0 Å². The molecule has 0 aromatic carbocycles. The SMILES string of the molecule is NCCCCC(NC(=O)C(Cc1cnc[nH]1)NC(=O)C(Cc1cnc[nH]1)NC(=O)C(N)Cc1cnc[nH]1)C(=O)O. The van der Waals surface area contributed by atoms with E-state index < -0.39 is 47.9 Å². The van der Waals surface area contributed by atoms with Crippen LogP contribution in [0, 0.1) is 0 Å². The Morgan fingerprint density at radius 3 is 1.60 bits per heavy atom. The van der Waals surface area contributed by atoms with Gasteiger partial charge in [-0.05, 0) is 25.8 Å². The van der Waals surface area contributed by atoms with Crippen LogP contribution in [0.5, 0.6) is 0 Å². The minimum Gasteiger partial charge on any atom is -0.480 e. The predicted octanol–water partition coefficient (Wildman–Crippen LogP) is -2.12. The van der Waals surface area contributed by atoms with E-state index in [1.807, 2.05) is 0 Å². The summed E-state index contributed by atoms with van der Waals surface area (Å²) >= 11 is 0. The number of nitrogens with one attached hydrogen (secondary N) is 6. The number of aromatic amines is 3. The molecular weight excluding hydrogens is 522 g/mol. The first kappa shape index (κ1) is 30.0. The molecule has 216 valence electrons. The number of carbonyl (C=O) groups excluding carboxylic acids is 3. The van der Waals surface area contributed by atoms with Crippen LogP contribution < -0.4 is 27.4 Å². The van der Waals surface area contributed by atoms with Gasteiger partial charge in [0.1, 0.15) is 18.1 Å². The highest BCUT2D eigenvalue weighted by Gasteiger charge is 2.31. The van der Waals surface area contributed by atoms with Crippen molar-refractivity contribution < 1.29 is 24.3 Å². The summed E-state index contributed by atoms with van der Waals surface area (Å²) in [5, 5.41) is 17.4. The Hall–Kier alpha value is -4.57. The molecule has 40 heavy (non-hydrogen) atoms. The standard InChI is InChI=1S/C24H35N11O5/c25-4-2-1-3-18(24(39)40)33-22(37)20(7-16-10-29-13-32-16)35-23(38)19(6-15-9-28-12-31-15)34-21(36)17(26)5-14-8-27-11-30-14/h8-13,17-20H,1-7,25-26H2,(H,27,30)(H,28,31)(H,29,32)(H,33,37)(H,34,36)(H,35,38)(H,39,40). The molecule has 3 rings (SSSR count). The van der Waals surface area contributed by atoms with Crippen molar-refractivity contribution in [2.24, 2.45) is 11.5 Å². The second kappa shape index (κ2) is 15.1. The highest BCUT2D eigenvalue weighted by atomic mass is 16.4. The van der Waals surface area contributed by atoms with Gasteiger partial charge in [-0.25, -0.2) is 19.7 Å². The van der Waals surface area contributed by atoms with E-state index in [0.717, 1.165) is 0 Å². The second-order valence-corrected chi connectivity index (χ2v) is 9.26. The molecule has 0 saturated heterocycles. The van der Waals surface area contributed by atoms with Crippen LogP contribution in [0.3, 0.4) is 0 Å². The zero-order valence-electron chi connectivity index (χ0n) is 21.8. The van der Waals surface area contributed by atoms with Gasteiger partial charge in [0, 0.05) is 54.9 Å². The number of hydrogen-bond donors (Lipinski definition) is 9. The zero-order valence-corrected chi connectivity index (χ0v) is 21.8. The summed E-state index contributed by atoms with van der Waals surface area (Å²) in [5.41, 5.74) is 13.3. The molecule has 3 heterocycles. The van der Waals surface area contributed by atoms with Crippen LogP contribution >= 0.6 is 0 Å². The lowest BCUT2D eigenvalue weighted by atomic mass is 10.1. The molecule has 0 aliphatic heterocycles. The minimum absolute atomic E-state index is 0.00320. The number of nitrogens with two attached hydrogens (primary N) is 2. The molecule has 0 aliphatic rings. The van der Waals surface area contributed by atoms with E-state index in [9.17, 15) is 24.3 Å². The molecule has 0 spiro atoms. The quantitative estimate of drug-likeness (QED) is 0.0814. The Morgan fingerprint density at radius 1 is 0.725 bits per heavy atom. The largest absolute Gasteiger partial charge is 0.480 e. The Balaban J connectivity index is 1.75. The molecular formula is C24H35N11O5. The maximum Gasteiger partial charge on any atom is 0.326 e. The molecule has 16 heteroatoms. The number of carboxylic acids is 1. The van der Waals surface area contributed by atoms with Crippen molar-refractivity contribution in [1.82, 2.24) is 45.9 Å². The van der Waals surface area contributed by atoms with E-state index >= 15 is 0 Å². The number of carboxylic acid groups (broad SMARTS) is 1. The number of nitrogens with zero attached hydrogens (tertiary/aromatic N) is 3. The molecule has 3 aromatic rings. The van der Waals surface area contributed by atoms with E-state index in [1.54, 1.807) is 6.20 Å². The lowest BCUT2D eigenvalue weighted by molar-refractivity contribution is -0.142. The van der Waals surface area contributed by atoms with Gasteiger partial charge in [0.25, 0.3) is 0 Å². The van der Waals surface area contributed by atoms with Crippen LogP contribution in [0.1, 0.15) is 36.3 Å². The molecule has 0 radical (unpaired) electrons. The number of imidazole rings is 3. The fourth-order valence-corrected chi connectivity index (χ4v) is 3.95. The first-order chi connectivity index (χ1) is 19.3. The van der Waals surface area contributed by atoms with Crippen molar-refractivity contribution in [2.45, 2.75) is 62.7 Å². The van der Waals surface area contributed by atoms with Crippen molar-refractivity contribution in [1.29, 1.82) is 0 Å². The molecule has 11 N–H and O–H groups in total. The lowest BCUT2D eigenvalue weighted by Crippen LogP contribution is -2.58. The number of aliphatic carboxylic acids is 1. The third kappa shape index (κ3) is 9.32. The third-order valence-corrected chi connectivity index (χ3v) is 6.12. The van der Waals surface area contributed by atoms with Gasteiger partial charge < -0.3 is 47.5 Å². The van der Waals surface area contributed by atoms with Crippen molar-refractivity contribution in [2.75, 3.05) is 6.54 Å². The van der Waals surface area contributed by atoms with E-state index in [-0.39, 0.29) is 25.7 Å². The first-order valence-electron chi connectivity index (χ1n) is 12.8. The number of unbranched alkanes of at least 4 members (excludes halogenated alkanes) is 1. The van der Waals surface area contributed by atoms with Gasteiger partial charge in [-0.2, -0.15) is 0 Å². The number of carbonyl (C=O) groups is 4. The molecule has 0 saturated carbocycles.